The third kappa shape index (κ3) is 5.08. The number of benzene rings is 1. The monoisotopic (exact) mass is 443 g/mol. The van der Waals surface area contributed by atoms with Gasteiger partial charge in [0.25, 0.3) is 5.91 Å². The molecular weight excluding hydrogens is 414 g/mol. The van der Waals surface area contributed by atoms with E-state index in [1.54, 1.807) is 12.0 Å². The number of morpholine rings is 1. The number of hydrogen-bond acceptors (Lipinski definition) is 6. The number of nitrogens with zero attached hydrogens (tertiary/aromatic N) is 2. The Bertz CT molecular complexity index is 865. The summed E-state index contributed by atoms with van der Waals surface area (Å²) in [6.07, 6.45) is 1.55. The molecule has 2 fully saturated rings. The number of methoxy groups -OCH3 is 1. The SMILES string of the molecule is COc1ccc([C@@H](CNC(=O)[C@@H]2CCCN2C(=O)c2cccs2)N2CCOCC2)cc1. The molecule has 0 radical (unpaired) electrons. The summed E-state index contributed by atoms with van der Waals surface area (Å²) in [6.45, 7) is 4.12. The first-order chi connectivity index (χ1) is 15.2. The van der Waals surface area contributed by atoms with Gasteiger partial charge in [-0.2, -0.15) is 0 Å². The van der Waals surface area contributed by atoms with Gasteiger partial charge >= 0.3 is 0 Å². The molecule has 2 aliphatic heterocycles. The summed E-state index contributed by atoms with van der Waals surface area (Å²) in [5.41, 5.74) is 1.13. The van der Waals surface area contributed by atoms with Crippen LogP contribution in [0.1, 0.15) is 34.1 Å². The van der Waals surface area contributed by atoms with Crippen molar-refractivity contribution in [2.24, 2.45) is 0 Å². The number of carbonyl (C=O) groups is 2. The average Bonchev–Trinajstić information content (AvgIpc) is 3.52. The van der Waals surface area contributed by atoms with Crippen LogP contribution >= 0.6 is 11.3 Å². The number of carbonyl (C=O) groups excluding carboxylic acids is 2. The smallest absolute Gasteiger partial charge is 0.264 e. The average molecular weight is 444 g/mol. The maximum atomic E-state index is 13.1. The number of rotatable bonds is 7. The van der Waals surface area contributed by atoms with Crippen LogP contribution < -0.4 is 10.1 Å². The van der Waals surface area contributed by atoms with E-state index in [0.29, 0.717) is 37.6 Å². The summed E-state index contributed by atoms with van der Waals surface area (Å²) in [7, 11) is 1.65. The van der Waals surface area contributed by atoms with E-state index in [2.05, 4.69) is 10.2 Å². The standard InChI is InChI=1S/C23H29N3O4S/c1-29-18-8-6-17(7-9-18)20(25-11-13-30-14-12-25)16-24-22(27)19-4-2-10-26(19)23(28)21-5-3-15-31-21/h3,5-9,15,19-20H,2,4,10-14,16H2,1H3,(H,24,27)/t19-,20+/m0/s1. The van der Waals surface area contributed by atoms with Crippen molar-refractivity contribution >= 4 is 23.2 Å². The topological polar surface area (TPSA) is 71.1 Å². The normalized spacial score (nSPS) is 20.4. The molecule has 2 aromatic rings. The second-order valence-corrected chi connectivity index (χ2v) is 8.76. The molecule has 1 N–H and O–H groups in total. The predicted molar refractivity (Wildman–Crippen MR) is 120 cm³/mol. The summed E-state index contributed by atoms with van der Waals surface area (Å²) < 4.78 is 10.8. The Kier molecular flexibility index (Phi) is 7.21. The first kappa shape index (κ1) is 21.8. The molecule has 0 aliphatic carbocycles. The third-order valence-corrected chi connectivity index (χ3v) is 6.86. The van der Waals surface area contributed by atoms with Gasteiger partial charge in [-0.05, 0) is 42.0 Å². The molecule has 2 saturated heterocycles. The van der Waals surface area contributed by atoms with Crippen LogP contribution in [0.15, 0.2) is 41.8 Å². The lowest BCUT2D eigenvalue weighted by molar-refractivity contribution is -0.125. The number of nitrogens with one attached hydrogen (secondary N) is 1. The summed E-state index contributed by atoms with van der Waals surface area (Å²) in [5.74, 6) is 0.684. The Morgan fingerprint density at radius 1 is 1.19 bits per heavy atom. The lowest BCUT2D eigenvalue weighted by Crippen LogP contribution is -2.49. The molecule has 1 aromatic heterocycles. The Morgan fingerprint density at radius 2 is 1.97 bits per heavy atom. The third-order valence-electron chi connectivity index (χ3n) is 6.00. The van der Waals surface area contributed by atoms with Crippen LogP contribution in [0.25, 0.3) is 0 Å². The van der Waals surface area contributed by atoms with E-state index >= 15 is 0 Å². The Labute approximate surface area is 186 Å². The minimum atomic E-state index is -0.407. The Hall–Kier alpha value is -2.42. The number of likely N-dealkylation sites (tertiary alicyclic amines) is 1. The zero-order valence-electron chi connectivity index (χ0n) is 17.8. The van der Waals surface area contributed by atoms with Crippen molar-refractivity contribution in [1.82, 2.24) is 15.1 Å². The van der Waals surface area contributed by atoms with Gasteiger partial charge in [-0.25, -0.2) is 0 Å². The van der Waals surface area contributed by atoms with E-state index in [1.807, 2.05) is 41.8 Å². The maximum Gasteiger partial charge on any atom is 0.264 e. The minimum Gasteiger partial charge on any atom is -0.497 e. The first-order valence-electron chi connectivity index (χ1n) is 10.8. The van der Waals surface area contributed by atoms with E-state index in [-0.39, 0.29) is 17.9 Å². The lowest BCUT2D eigenvalue weighted by Gasteiger charge is -2.35. The molecule has 31 heavy (non-hydrogen) atoms. The quantitative estimate of drug-likeness (QED) is 0.712. The van der Waals surface area contributed by atoms with E-state index in [9.17, 15) is 9.59 Å². The lowest BCUT2D eigenvalue weighted by atomic mass is 10.0. The van der Waals surface area contributed by atoms with E-state index < -0.39 is 6.04 Å². The highest BCUT2D eigenvalue weighted by Crippen LogP contribution is 2.25. The van der Waals surface area contributed by atoms with Crippen molar-refractivity contribution in [2.45, 2.75) is 24.9 Å². The molecule has 3 heterocycles. The predicted octanol–water partition coefficient (Wildman–Crippen LogP) is 2.55. The van der Waals surface area contributed by atoms with Crippen LogP contribution in [0.2, 0.25) is 0 Å². The van der Waals surface area contributed by atoms with Crippen LogP contribution in [-0.2, 0) is 9.53 Å². The molecule has 2 atom stereocenters. The summed E-state index contributed by atoms with van der Waals surface area (Å²) in [5, 5.41) is 5.03. The summed E-state index contributed by atoms with van der Waals surface area (Å²) >= 11 is 1.42. The highest BCUT2D eigenvalue weighted by molar-refractivity contribution is 7.12. The van der Waals surface area contributed by atoms with Gasteiger partial charge in [0.2, 0.25) is 5.91 Å². The van der Waals surface area contributed by atoms with Crippen LogP contribution in [0.4, 0.5) is 0 Å². The van der Waals surface area contributed by atoms with Crippen molar-refractivity contribution in [2.75, 3.05) is 46.5 Å². The number of ether oxygens (including phenoxy) is 2. The van der Waals surface area contributed by atoms with Gasteiger partial charge in [0.15, 0.2) is 0 Å². The van der Waals surface area contributed by atoms with Gasteiger partial charge in [-0.1, -0.05) is 18.2 Å². The molecule has 166 valence electrons. The molecule has 0 bridgehead atoms. The van der Waals surface area contributed by atoms with Gasteiger partial charge in [0.05, 0.1) is 31.2 Å². The summed E-state index contributed by atoms with van der Waals surface area (Å²) in [6, 6.07) is 11.3. The van der Waals surface area contributed by atoms with Crippen molar-refractivity contribution < 1.29 is 19.1 Å². The second kappa shape index (κ2) is 10.3. The Morgan fingerprint density at radius 3 is 2.65 bits per heavy atom. The minimum absolute atomic E-state index is 0.0432. The van der Waals surface area contributed by atoms with E-state index in [1.165, 1.54) is 11.3 Å². The van der Waals surface area contributed by atoms with Gasteiger partial charge < -0.3 is 19.7 Å². The molecule has 7 nitrogen and oxygen atoms in total. The van der Waals surface area contributed by atoms with Crippen LogP contribution in [0.3, 0.4) is 0 Å². The molecule has 1 aromatic carbocycles. The van der Waals surface area contributed by atoms with Gasteiger partial charge in [-0.3, -0.25) is 14.5 Å². The number of hydrogen-bond donors (Lipinski definition) is 1. The first-order valence-corrected chi connectivity index (χ1v) is 11.6. The molecule has 2 amide bonds. The summed E-state index contributed by atoms with van der Waals surface area (Å²) in [4.78, 5) is 30.6. The Balaban J connectivity index is 1.44. The highest BCUT2D eigenvalue weighted by Gasteiger charge is 2.35. The van der Waals surface area contributed by atoms with Gasteiger partial charge in [0.1, 0.15) is 11.8 Å². The van der Waals surface area contributed by atoms with E-state index in [4.69, 9.17) is 9.47 Å². The van der Waals surface area contributed by atoms with Crippen LogP contribution in [0.5, 0.6) is 5.75 Å². The van der Waals surface area contributed by atoms with Gasteiger partial charge in [0, 0.05) is 26.2 Å². The van der Waals surface area contributed by atoms with Crippen LogP contribution in [-0.4, -0.2) is 74.2 Å². The van der Waals surface area contributed by atoms with Gasteiger partial charge in [-0.15, -0.1) is 11.3 Å². The molecule has 0 saturated carbocycles. The van der Waals surface area contributed by atoms with Crippen molar-refractivity contribution in [3.8, 4) is 5.75 Å². The molecule has 0 unspecified atom stereocenters. The zero-order valence-corrected chi connectivity index (χ0v) is 18.6. The van der Waals surface area contributed by atoms with E-state index in [0.717, 1.165) is 30.8 Å². The van der Waals surface area contributed by atoms with Crippen LogP contribution in [0, 0.1) is 0 Å². The molecule has 0 spiro atoms. The fourth-order valence-electron chi connectivity index (χ4n) is 4.31. The molecule has 8 heteroatoms. The van der Waals surface area contributed by atoms with Crippen molar-refractivity contribution in [1.29, 1.82) is 0 Å². The number of thiophene rings is 1. The maximum absolute atomic E-state index is 13.1. The van der Waals surface area contributed by atoms with Crippen molar-refractivity contribution in [3.63, 3.8) is 0 Å². The second-order valence-electron chi connectivity index (χ2n) is 7.82. The largest absolute Gasteiger partial charge is 0.497 e. The fourth-order valence-corrected chi connectivity index (χ4v) is 4.99. The fraction of sp³-hybridized carbons (Fsp3) is 0.478. The van der Waals surface area contributed by atoms with Crippen molar-refractivity contribution in [3.05, 3.63) is 52.2 Å². The number of amides is 2. The molecular formula is C23H29N3O4S. The molecule has 2 aliphatic rings. The molecule has 4 rings (SSSR count). The zero-order chi connectivity index (χ0) is 21.6. The highest BCUT2D eigenvalue weighted by atomic mass is 32.1.